The van der Waals surface area contributed by atoms with Crippen molar-refractivity contribution in [1.82, 2.24) is 5.32 Å². The minimum absolute atomic E-state index is 0.651. The van der Waals surface area contributed by atoms with Crippen molar-refractivity contribution in [2.45, 2.75) is 59.5 Å². The zero-order chi connectivity index (χ0) is 13.1. The lowest BCUT2D eigenvalue weighted by molar-refractivity contribution is 0.167. The summed E-state index contributed by atoms with van der Waals surface area (Å²) in [5.74, 6) is 3.54. The van der Waals surface area contributed by atoms with Crippen LogP contribution in [0.3, 0.4) is 0 Å². The molecule has 0 amide bonds. The van der Waals surface area contributed by atoms with E-state index < -0.39 is 0 Å². The third kappa shape index (κ3) is 3.17. The summed E-state index contributed by atoms with van der Waals surface area (Å²) in [6.45, 7) is 10.1. The number of hydrogen-bond donors (Lipinski definition) is 1. The van der Waals surface area contributed by atoms with Gasteiger partial charge in [-0.2, -0.15) is 0 Å². The monoisotopic (exact) mass is 249 g/mol. The van der Waals surface area contributed by atoms with E-state index in [-0.39, 0.29) is 0 Å². The van der Waals surface area contributed by atoms with Gasteiger partial charge in [0.15, 0.2) is 0 Å². The smallest absolute Gasteiger partial charge is 0.120 e. The van der Waals surface area contributed by atoms with Crippen molar-refractivity contribution in [3.8, 4) is 0 Å². The first-order chi connectivity index (χ1) is 8.58. The summed E-state index contributed by atoms with van der Waals surface area (Å²) >= 11 is 0. The molecule has 1 heterocycles. The lowest BCUT2D eigenvalue weighted by Gasteiger charge is -2.38. The van der Waals surface area contributed by atoms with E-state index in [0.29, 0.717) is 6.04 Å². The van der Waals surface area contributed by atoms with Crippen LogP contribution in [0, 0.1) is 24.7 Å². The second kappa shape index (κ2) is 5.92. The highest BCUT2D eigenvalue weighted by Gasteiger charge is 2.30. The zero-order valence-corrected chi connectivity index (χ0v) is 12.2. The first kappa shape index (κ1) is 13.7. The Morgan fingerprint density at radius 1 is 1.39 bits per heavy atom. The predicted molar refractivity (Wildman–Crippen MR) is 75.4 cm³/mol. The highest BCUT2D eigenvalue weighted by molar-refractivity contribution is 5.14. The third-order valence-corrected chi connectivity index (χ3v) is 4.52. The van der Waals surface area contributed by atoms with Crippen LogP contribution in [0.1, 0.15) is 51.4 Å². The van der Waals surface area contributed by atoms with E-state index in [2.05, 4.69) is 33.0 Å². The van der Waals surface area contributed by atoms with E-state index in [1.54, 1.807) is 6.26 Å². The largest absolute Gasteiger partial charge is 0.468 e. The summed E-state index contributed by atoms with van der Waals surface area (Å²) < 4.78 is 5.52. The number of aryl methyl sites for hydroxylation is 1. The summed E-state index contributed by atoms with van der Waals surface area (Å²) in [5.41, 5.74) is 1.26. The summed E-state index contributed by atoms with van der Waals surface area (Å²) in [7, 11) is 0. The Morgan fingerprint density at radius 2 is 2.17 bits per heavy atom. The molecule has 0 spiro atoms. The Labute approximate surface area is 111 Å². The fourth-order valence-electron chi connectivity index (χ4n) is 3.25. The molecule has 1 aromatic heterocycles. The Kier molecular flexibility index (Phi) is 4.50. The van der Waals surface area contributed by atoms with E-state index in [1.807, 2.05) is 6.07 Å². The molecule has 3 atom stereocenters. The molecule has 2 rings (SSSR count). The fourth-order valence-corrected chi connectivity index (χ4v) is 3.25. The Morgan fingerprint density at radius 3 is 2.78 bits per heavy atom. The zero-order valence-electron chi connectivity index (χ0n) is 12.2. The number of nitrogens with one attached hydrogen (secondary N) is 1. The molecule has 3 unspecified atom stereocenters. The highest BCUT2D eigenvalue weighted by atomic mass is 16.3. The molecule has 1 aliphatic rings. The van der Waals surface area contributed by atoms with Crippen molar-refractivity contribution in [1.29, 1.82) is 0 Å². The van der Waals surface area contributed by atoms with Crippen molar-refractivity contribution in [3.05, 3.63) is 23.7 Å². The van der Waals surface area contributed by atoms with E-state index in [0.717, 1.165) is 30.1 Å². The fraction of sp³-hybridized carbons (Fsp3) is 0.750. The molecule has 1 saturated carbocycles. The van der Waals surface area contributed by atoms with E-state index in [9.17, 15) is 0 Å². The van der Waals surface area contributed by atoms with Gasteiger partial charge in [-0.25, -0.2) is 0 Å². The Bertz CT molecular complexity index is 369. The molecule has 0 aliphatic heterocycles. The average Bonchev–Trinajstić information content (AvgIpc) is 2.72. The summed E-state index contributed by atoms with van der Waals surface area (Å²) in [5, 5.41) is 3.73. The molecule has 0 aromatic carbocycles. The second-order valence-electron chi connectivity index (χ2n) is 6.34. The molecule has 2 heteroatoms. The molecule has 1 aliphatic carbocycles. The van der Waals surface area contributed by atoms with Crippen LogP contribution < -0.4 is 5.32 Å². The number of hydrogen-bond acceptors (Lipinski definition) is 2. The minimum Gasteiger partial charge on any atom is -0.468 e. The number of rotatable bonds is 4. The second-order valence-corrected chi connectivity index (χ2v) is 6.34. The van der Waals surface area contributed by atoms with E-state index in [4.69, 9.17) is 4.42 Å². The molecule has 1 aromatic rings. The summed E-state index contributed by atoms with van der Waals surface area (Å²) in [4.78, 5) is 0. The van der Waals surface area contributed by atoms with Crippen LogP contribution in [0.25, 0.3) is 0 Å². The van der Waals surface area contributed by atoms with Crippen molar-refractivity contribution in [2.75, 3.05) is 0 Å². The summed E-state index contributed by atoms with van der Waals surface area (Å²) in [6, 6.07) is 2.69. The normalized spacial score (nSPS) is 28.8. The molecule has 0 bridgehead atoms. The minimum atomic E-state index is 0.651. The molecule has 2 nitrogen and oxygen atoms in total. The van der Waals surface area contributed by atoms with Crippen molar-refractivity contribution < 1.29 is 4.42 Å². The Balaban J connectivity index is 1.94. The lowest BCUT2D eigenvalue weighted by atomic mass is 9.74. The van der Waals surface area contributed by atoms with Gasteiger partial charge in [0.2, 0.25) is 0 Å². The summed E-state index contributed by atoms with van der Waals surface area (Å²) in [6.07, 6.45) is 5.85. The van der Waals surface area contributed by atoms with Gasteiger partial charge in [-0.05, 0) is 49.1 Å². The van der Waals surface area contributed by atoms with Crippen molar-refractivity contribution >= 4 is 0 Å². The lowest BCUT2D eigenvalue weighted by Crippen LogP contribution is -2.42. The van der Waals surface area contributed by atoms with Gasteiger partial charge in [-0.3, -0.25) is 0 Å². The Hall–Kier alpha value is -0.760. The molecular formula is C16H27NO. The molecule has 1 fully saturated rings. The third-order valence-electron chi connectivity index (χ3n) is 4.52. The van der Waals surface area contributed by atoms with Gasteiger partial charge in [0.25, 0.3) is 0 Å². The maximum Gasteiger partial charge on any atom is 0.120 e. The van der Waals surface area contributed by atoms with Gasteiger partial charge in [0.1, 0.15) is 5.76 Å². The van der Waals surface area contributed by atoms with Crippen molar-refractivity contribution in [3.63, 3.8) is 0 Å². The van der Waals surface area contributed by atoms with Crippen LogP contribution in [0.2, 0.25) is 0 Å². The first-order valence-electron chi connectivity index (χ1n) is 7.34. The van der Waals surface area contributed by atoms with Gasteiger partial charge < -0.3 is 9.73 Å². The predicted octanol–water partition coefficient (Wildman–Crippen LogP) is 4.14. The SMILES string of the molecule is Cc1ccoc1CNC1CC(C)CCC1C(C)C. The molecule has 1 N–H and O–H groups in total. The van der Waals surface area contributed by atoms with Gasteiger partial charge in [-0.15, -0.1) is 0 Å². The van der Waals surface area contributed by atoms with Crippen LogP contribution in [0.4, 0.5) is 0 Å². The molecule has 102 valence electrons. The van der Waals surface area contributed by atoms with Crippen molar-refractivity contribution in [2.24, 2.45) is 17.8 Å². The van der Waals surface area contributed by atoms with E-state index >= 15 is 0 Å². The van der Waals surface area contributed by atoms with Crippen LogP contribution in [-0.4, -0.2) is 6.04 Å². The maximum atomic E-state index is 5.52. The molecule has 0 radical (unpaired) electrons. The molecule has 0 saturated heterocycles. The van der Waals surface area contributed by atoms with E-state index in [1.165, 1.54) is 24.8 Å². The quantitative estimate of drug-likeness (QED) is 0.867. The topological polar surface area (TPSA) is 25.2 Å². The van der Waals surface area contributed by atoms with Crippen LogP contribution in [0.15, 0.2) is 16.7 Å². The van der Waals surface area contributed by atoms with Crippen LogP contribution in [0.5, 0.6) is 0 Å². The van der Waals surface area contributed by atoms with Gasteiger partial charge >= 0.3 is 0 Å². The standard InChI is InChI=1S/C16H27NO/c1-11(2)14-6-5-12(3)9-15(14)17-10-16-13(4)7-8-18-16/h7-8,11-12,14-15,17H,5-6,9-10H2,1-4H3. The van der Waals surface area contributed by atoms with Gasteiger partial charge in [-0.1, -0.05) is 27.2 Å². The van der Waals surface area contributed by atoms with Crippen LogP contribution in [-0.2, 0) is 6.54 Å². The average molecular weight is 249 g/mol. The number of furan rings is 1. The van der Waals surface area contributed by atoms with Gasteiger partial charge in [0, 0.05) is 6.04 Å². The molecule has 18 heavy (non-hydrogen) atoms. The first-order valence-corrected chi connectivity index (χ1v) is 7.34. The highest BCUT2D eigenvalue weighted by Crippen LogP contribution is 2.33. The van der Waals surface area contributed by atoms with Gasteiger partial charge in [0.05, 0.1) is 12.8 Å². The maximum absolute atomic E-state index is 5.52. The molecular weight excluding hydrogens is 222 g/mol. The van der Waals surface area contributed by atoms with Crippen LogP contribution >= 0.6 is 0 Å².